The van der Waals surface area contributed by atoms with Gasteiger partial charge in [-0.2, -0.15) is 0 Å². The molecule has 4 nitrogen and oxygen atoms in total. The molecule has 0 saturated carbocycles. The molecule has 1 aliphatic rings. The van der Waals surface area contributed by atoms with Crippen molar-refractivity contribution in [1.82, 2.24) is 10.2 Å². The van der Waals surface area contributed by atoms with Gasteiger partial charge in [-0.15, -0.1) is 0 Å². The van der Waals surface area contributed by atoms with Crippen LogP contribution in [-0.2, 0) is 9.53 Å². The van der Waals surface area contributed by atoms with Crippen LogP contribution in [0.2, 0.25) is 0 Å². The second-order valence-electron chi connectivity index (χ2n) is 4.11. The Bertz CT molecular complexity index is 195. The maximum Gasteiger partial charge on any atom is 0.320 e. The summed E-state index contributed by atoms with van der Waals surface area (Å²) in [5.74, 6) is 0.584. The molecule has 0 spiro atoms. The van der Waals surface area contributed by atoms with Crippen LogP contribution in [0.3, 0.4) is 0 Å². The molecule has 1 unspecified atom stereocenters. The fraction of sp³-hybridized carbons (Fsp3) is 0.909. The highest BCUT2D eigenvalue weighted by Gasteiger charge is 2.21. The van der Waals surface area contributed by atoms with Crippen molar-refractivity contribution in [2.24, 2.45) is 5.92 Å². The summed E-state index contributed by atoms with van der Waals surface area (Å²) < 4.78 is 4.94. The van der Waals surface area contributed by atoms with Crippen molar-refractivity contribution in [1.29, 1.82) is 0 Å². The molecule has 15 heavy (non-hydrogen) atoms. The fourth-order valence-corrected chi connectivity index (χ4v) is 2.14. The number of carbonyl (C=O) groups excluding carboxylic acids is 1. The van der Waals surface area contributed by atoms with Gasteiger partial charge in [-0.1, -0.05) is 0 Å². The number of esters is 1. The number of hydrogen-bond acceptors (Lipinski definition) is 4. The lowest BCUT2D eigenvalue weighted by molar-refractivity contribution is -0.144. The Kier molecular flexibility index (Phi) is 5.65. The zero-order valence-electron chi connectivity index (χ0n) is 9.79. The normalized spacial score (nSPS) is 22.7. The molecule has 88 valence electrons. The monoisotopic (exact) mass is 214 g/mol. The SMILES string of the molecule is CCOC(=O)CN1CCCC(CNC)C1. The Morgan fingerprint density at radius 1 is 1.60 bits per heavy atom. The van der Waals surface area contributed by atoms with Crippen molar-refractivity contribution < 1.29 is 9.53 Å². The van der Waals surface area contributed by atoms with E-state index in [0.717, 1.165) is 19.6 Å². The van der Waals surface area contributed by atoms with Gasteiger partial charge in [0.2, 0.25) is 0 Å². The number of nitrogens with one attached hydrogen (secondary N) is 1. The summed E-state index contributed by atoms with van der Waals surface area (Å²) >= 11 is 0. The number of piperidine rings is 1. The topological polar surface area (TPSA) is 41.6 Å². The van der Waals surface area contributed by atoms with Crippen LogP contribution in [0.4, 0.5) is 0 Å². The van der Waals surface area contributed by atoms with Crippen LogP contribution in [0.5, 0.6) is 0 Å². The fourth-order valence-electron chi connectivity index (χ4n) is 2.14. The van der Waals surface area contributed by atoms with Crippen LogP contribution in [0.25, 0.3) is 0 Å². The summed E-state index contributed by atoms with van der Waals surface area (Å²) in [5, 5.41) is 3.19. The molecule has 0 bridgehead atoms. The van der Waals surface area contributed by atoms with Crippen LogP contribution in [0, 0.1) is 5.92 Å². The molecule has 1 heterocycles. The van der Waals surface area contributed by atoms with Gasteiger partial charge in [0.15, 0.2) is 0 Å². The van der Waals surface area contributed by atoms with Crippen molar-refractivity contribution in [3.8, 4) is 0 Å². The first-order valence-corrected chi connectivity index (χ1v) is 5.78. The third-order valence-corrected chi connectivity index (χ3v) is 2.75. The number of carbonyl (C=O) groups is 1. The zero-order chi connectivity index (χ0) is 11.1. The summed E-state index contributed by atoms with van der Waals surface area (Å²) in [6.45, 7) is 5.86. The van der Waals surface area contributed by atoms with Gasteiger partial charge in [0, 0.05) is 6.54 Å². The van der Waals surface area contributed by atoms with Crippen molar-refractivity contribution in [3.63, 3.8) is 0 Å². The molecule has 1 saturated heterocycles. The molecule has 0 aliphatic carbocycles. The maximum atomic E-state index is 11.3. The minimum absolute atomic E-state index is 0.0948. The molecule has 1 fully saturated rings. The van der Waals surface area contributed by atoms with E-state index in [1.807, 2.05) is 14.0 Å². The Morgan fingerprint density at radius 2 is 2.40 bits per heavy atom. The number of hydrogen-bond donors (Lipinski definition) is 1. The molecule has 1 atom stereocenters. The van der Waals surface area contributed by atoms with E-state index in [-0.39, 0.29) is 5.97 Å². The van der Waals surface area contributed by atoms with Crippen LogP contribution in [0.15, 0.2) is 0 Å². The van der Waals surface area contributed by atoms with E-state index in [1.165, 1.54) is 12.8 Å². The molecule has 0 aromatic heterocycles. The Hall–Kier alpha value is -0.610. The van der Waals surface area contributed by atoms with Gasteiger partial charge in [-0.25, -0.2) is 0 Å². The summed E-state index contributed by atoms with van der Waals surface area (Å²) in [5.41, 5.74) is 0. The Labute approximate surface area is 92.0 Å². The second-order valence-corrected chi connectivity index (χ2v) is 4.11. The van der Waals surface area contributed by atoms with Crippen LogP contribution in [-0.4, -0.2) is 50.7 Å². The first-order valence-electron chi connectivity index (χ1n) is 5.78. The smallest absolute Gasteiger partial charge is 0.320 e. The van der Waals surface area contributed by atoms with E-state index in [9.17, 15) is 4.79 Å². The minimum Gasteiger partial charge on any atom is -0.465 e. The molecule has 0 amide bonds. The number of likely N-dealkylation sites (tertiary alicyclic amines) is 1. The molecule has 0 radical (unpaired) electrons. The highest BCUT2D eigenvalue weighted by atomic mass is 16.5. The van der Waals surface area contributed by atoms with E-state index in [2.05, 4.69) is 10.2 Å². The number of nitrogens with zero attached hydrogens (tertiary/aromatic N) is 1. The highest BCUT2D eigenvalue weighted by Crippen LogP contribution is 2.15. The number of rotatable bonds is 5. The molecular formula is C11H22N2O2. The molecule has 4 heteroatoms. The zero-order valence-corrected chi connectivity index (χ0v) is 9.79. The third-order valence-electron chi connectivity index (χ3n) is 2.75. The predicted molar refractivity (Wildman–Crippen MR) is 59.7 cm³/mol. The summed E-state index contributed by atoms with van der Waals surface area (Å²) in [6, 6.07) is 0. The van der Waals surface area contributed by atoms with Crippen LogP contribution >= 0.6 is 0 Å². The summed E-state index contributed by atoms with van der Waals surface area (Å²) in [7, 11) is 1.98. The Balaban J connectivity index is 2.26. The first kappa shape index (κ1) is 12.5. The predicted octanol–water partition coefficient (Wildman–Crippen LogP) is 0.481. The van der Waals surface area contributed by atoms with Crippen LogP contribution < -0.4 is 5.32 Å². The largest absolute Gasteiger partial charge is 0.465 e. The van der Waals surface area contributed by atoms with Crippen LogP contribution in [0.1, 0.15) is 19.8 Å². The van der Waals surface area contributed by atoms with Gasteiger partial charge in [-0.05, 0) is 45.8 Å². The lowest BCUT2D eigenvalue weighted by Gasteiger charge is -2.31. The molecular weight excluding hydrogens is 192 g/mol. The van der Waals surface area contributed by atoms with Gasteiger partial charge in [0.05, 0.1) is 13.2 Å². The van der Waals surface area contributed by atoms with E-state index in [0.29, 0.717) is 19.1 Å². The third kappa shape index (κ3) is 4.62. The first-order chi connectivity index (χ1) is 7.26. The second kappa shape index (κ2) is 6.80. The van der Waals surface area contributed by atoms with Crippen molar-refractivity contribution in [2.75, 3.05) is 39.8 Å². The van der Waals surface area contributed by atoms with E-state index >= 15 is 0 Å². The molecule has 1 rings (SSSR count). The van der Waals surface area contributed by atoms with Gasteiger partial charge < -0.3 is 10.1 Å². The molecule has 1 N–H and O–H groups in total. The standard InChI is InChI=1S/C11H22N2O2/c1-3-15-11(14)9-13-6-4-5-10(8-13)7-12-2/h10,12H,3-9H2,1-2H3. The van der Waals surface area contributed by atoms with Crippen molar-refractivity contribution in [3.05, 3.63) is 0 Å². The molecule has 0 aromatic rings. The Morgan fingerprint density at radius 3 is 3.07 bits per heavy atom. The lowest BCUT2D eigenvalue weighted by Crippen LogP contribution is -2.41. The van der Waals surface area contributed by atoms with Crippen molar-refractivity contribution in [2.45, 2.75) is 19.8 Å². The van der Waals surface area contributed by atoms with Gasteiger partial charge in [0.1, 0.15) is 0 Å². The lowest BCUT2D eigenvalue weighted by atomic mass is 9.98. The minimum atomic E-state index is -0.0948. The van der Waals surface area contributed by atoms with Gasteiger partial charge >= 0.3 is 5.97 Å². The van der Waals surface area contributed by atoms with E-state index in [1.54, 1.807) is 0 Å². The summed E-state index contributed by atoms with van der Waals surface area (Å²) in [4.78, 5) is 13.5. The van der Waals surface area contributed by atoms with Gasteiger partial charge in [-0.3, -0.25) is 9.69 Å². The van der Waals surface area contributed by atoms with Gasteiger partial charge in [0.25, 0.3) is 0 Å². The number of ether oxygens (including phenoxy) is 1. The highest BCUT2D eigenvalue weighted by molar-refractivity contribution is 5.71. The molecule has 1 aliphatic heterocycles. The van der Waals surface area contributed by atoms with E-state index in [4.69, 9.17) is 4.74 Å². The van der Waals surface area contributed by atoms with Crippen molar-refractivity contribution >= 4 is 5.97 Å². The molecule has 0 aromatic carbocycles. The average Bonchev–Trinajstić information content (AvgIpc) is 2.19. The maximum absolute atomic E-state index is 11.3. The average molecular weight is 214 g/mol. The summed E-state index contributed by atoms with van der Waals surface area (Å²) in [6.07, 6.45) is 2.45. The quantitative estimate of drug-likeness (QED) is 0.676. The van der Waals surface area contributed by atoms with E-state index < -0.39 is 0 Å².